The van der Waals surface area contributed by atoms with Crippen LogP contribution in [0.25, 0.3) is 0 Å². The first-order valence-electron chi connectivity index (χ1n) is 8.34. The van der Waals surface area contributed by atoms with Gasteiger partial charge in [0.1, 0.15) is 5.82 Å². The summed E-state index contributed by atoms with van der Waals surface area (Å²) in [7, 11) is 0. The number of carbonyl (C=O) groups is 1. The van der Waals surface area contributed by atoms with Crippen LogP contribution in [0.15, 0.2) is 36.5 Å². The van der Waals surface area contributed by atoms with Crippen LogP contribution < -0.4 is 10.6 Å². The number of hydrogen-bond acceptors (Lipinski definition) is 6. The van der Waals surface area contributed by atoms with Crippen LogP contribution in [0.5, 0.6) is 0 Å². The number of para-hydroxylation sites is 1. The molecule has 1 aromatic heterocycles. The smallest absolute Gasteiger partial charge is 0.340 e. The molecule has 2 N–H and O–H groups in total. The summed E-state index contributed by atoms with van der Waals surface area (Å²) < 4.78 is 5.07. The average Bonchev–Trinajstić information content (AvgIpc) is 2.60. The van der Waals surface area contributed by atoms with Gasteiger partial charge in [-0.25, -0.2) is 9.78 Å². The van der Waals surface area contributed by atoms with Crippen LogP contribution in [0.4, 0.5) is 17.5 Å². The summed E-state index contributed by atoms with van der Waals surface area (Å²) in [5.74, 6) is 0.832. The maximum atomic E-state index is 12.0. The Morgan fingerprint density at radius 1 is 1.17 bits per heavy atom. The largest absolute Gasteiger partial charge is 0.462 e. The molecule has 6 heteroatoms. The Kier molecular flexibility index (Phi) is 7.01. The number of rotatable bonds is 9. The number of nitrogens with zero attached hydrogens (tertiary/aromatic N) is 2. The summed E-state index contributed by atoms with van der Waals surface area (Å²) in [5, 5.41) is 6.37. The van der Waals surface area contributed by atoms with E-state index in [-0.39, 0.29) is 5.97 Å². The molecule has 2 rings (SSSR count). The molecule has 6 nitrogen and oxygen atoms in total. The first-order chi connectivity index (χ1) is 11.7. The second-order valence-electron chi connectivity index (χ2n) is 5.29. The minimum atomic E-state index is -0.366. The van der Waals surface area contributed by atoms with Crippen molar-refractivity contribution in [1.82, 2.24) is 9.97 Å². The van der Waals surface area contributed by atoms with E-state index in [1.165, 1.54) is 12.8 Å². The van der Waals surface area contributed by atoms with Crippen molar-refractivity contribution >= 4 is 23.4 Å². The SMILES string of the molecule is CCCCCNc1ccnc(Nc2ccccc2C(=O)OCC)n1. The highest BCUT2D eigenvalue weighted by Gasteiger charge is 2.12. The van der Waals surface area contributed by atoms with Gasteiger partial charge in [0, 0.05) is 12.7 Å². The van der Waals surface area contributed by atoms with E-state index >= 15 is 0 Å². The van der Waals surface area contributed by atoms with Crippen molar-refractivity contribution in [3.8, 4) is 0 Å². The summed E-state index contributed by atoms with van der Waals surface area (Å²) in [6, 6.07) is 8.99. The molecule has 1 heterocycles. The van der Waals surface area contributed by atoms with Gasteiger partial charge in [-0.05, 0) is 31.5 Å². The molecular formula is C18H24N4O2. The molecule has 0 aliphatic rings. The molecule has 0 amide bonds. The lowest BCUT2D eigenvalue weighted by Crippen LogP contribution is -2.09. The highest BCUT2D eigenvalue weighted by atomic mass is 16.5. The first-order valence-corrected chi connectivity index (χ1v) is 8.34. The van der Waals surface area contributed by atoms with Crippen LogP contribution in [0.2, 0.25) is 0 Å². The molecule has 0 bridgehead atoms. The van der Waals surface area contributed by atoms with Gasteiger partial charge in [0.2, 0.25) is 5.95 Å². The molecule has 0 saturated heterocycles. The van der Waals surface area contributed by atoms with Gasteiger partial charge in [-0.2, -0.15) is 4.98 Å². The molecule has 128 valence electrons. The van der Waals surface area contributed by atoms with Crippen molar-refractivity contribution < 1.29 is 9.53 Å². The van der Waals surface area contributed by atoms with E-state index in [9.17, 15) is 4.79 Å². The molecule has 0 fully saturated rings. The van der Waals surface area contributed by atoms with Crippen molar-refractivity contribution in [2.45, 2.75) is 33.1 Å². The lowest BCUT2D eigenvalue weighted by molar-refractivity contribution is 0.0527. The fourth-order valence-corrected chi connectivity index (χ4v) is 2.21. The van der Waals surface area contributed by atoms with Gasteiger partial charge in [-0.3, -0.25) is 0 Å². The molecule has 0 aliphatic heterocycles. The number of nitrogens with one attached hydrogen (secondary N) is 2. The summed E-state index contributed by atoms with van der Waals surface area (Å²) in [6.07, 6.45) is 5.17. The summed E-state index contributed by atoms with van der Waals surface area (Å²) in [4.78, 5) is 20.6. The molecule has 0 saturated carbocycles. The molecule has 0 aliphatic carbocycles. The molecule has 2 aromatic rings. The van der Waals surface area contributed by atoms with Crippen molar-refractivity contribution in [2.24, 2.45) is 0 Å². The average molecular weight is 328 g/mol. The van der Waals surface area contributed by atoms with Crippen molar-refractivity contribution in [1.29, 1.82) is 0 Å². The Morgan fingerprint density at radius 3 is 2.79 bits per heavy atom. The molecule has 24 heavy (non-hydrogen) atoms. The van der Waals surface area contributed by atoms with Gasteiger partial charge < -0.3 is 15.4 Å². The number of anilines is 3. The van der Waals surface area contributed by atoms with Gasteiger partial charge in [0.05, 0.1) is 17.9 Å². The van der Waals surface area contributed by atoms with Gasteiger partial charge in [0.15, 0.2) is 0 Å². The Morgan fingerprint density at radius 2 is 2.00 bits per heavy atom. The van der Waals surface area contributed by atoms with Gasteiger partial charge in [-0.1, -0.05) is 31.9 Å². The molecule has 1 aromatic carbocycles. The van der Waals surface area contributed by atoms with Crippen LogP contribution in [-0.4, -0.2) is 29.1 Å². The topological polar surface area (TPSA) is 76.1 Å². The predicted octanol–water partition coefficient (Wildman–Crippen LogP) is 4.00. The van der Waals surface area contributed by atoms with E-state index in [0.717, 1.165) is 18.8 Å². The Balaban J connectivity index is 2.07. The third-order valence-corrected chi connectivity index (χ3v) is 3.41. The maximum absolute atomic E-state index is 12.0. The number of hydrogen-bond donors (Lipinski definition) is 2. The number of carbonyl (C=O) groups excluding carboxylic acids is 1. The third kappa shape index (κ3) is 5.22. The van der Waals surface area contributed by atoms with Crippen molar-refractivity contribution in [2.75, 3.05) is 23.8 Å². The van der Waals surface area contributed by atoms with E-state index in [1.54, 1.807) is 31.3 Å². The minimum absolute atomic E-state index is 0.334. The molecular weight excluding hydrogens is 304 g/mol. The lowest BCUT2D eigenvalue weighted by Gasteiger charge is -2.11. The van der Waals surface area contributed by atoms with Crippen molar-refractivity contribution in [3.05, 3.63) is 42.1 Å². The monoisotopic (exact) mass is 328 g/mol. The summed E-state index contributed by atoms with van der Waals surface area (Å²) in [5.41, 5.74) is 1.09. The highest BCUT2D eigenvalue weighted by molar-refractivity contribution is 5.96. The normalized spacial score (nSPS) is 10.2. The van der Waals surface area contributed by atoms with Crippen LogP contribution in [-0.2, 0) is 4.74 Å². The molecule has 0 radical (unpaired) electrons. The molecule has 0 atom stereocenters. The summed E-state index contributed by atoms with van der Waals surface area (Å²) >= 11 is 0. The Labute approximate surface area is 142 Å². The standard InChI is InChI=1S/C18H24N4O2/c1-3-5-8-12-19-16-11-13-20-18(22-16)21-15-10-7-6-9-14(15)17(23)24-4-2/h6-7,9-11,13H,3-5,8,12H2,1-2H3,(H2,19,20,21,22). The van der Waals surface area contributed by atoms with E-state index < -0.39 is 0 Å². The van der Waals surface area contributed by atoms with Crippen LogP contribution >= 0.6 is 0 Å². The highest BCUT2D eigenvalue weighted by Crippen LogP contribution is 2.20. The number of esters is 1. The zero-order valence-electron chi connectivity index (χ0n) is 14.2. The van der Waals surface area contributed by atoms with E-state index in [4.69, 9.17) is 4.74 Å². The zero-order valence-corrected chi connectivity index (χ0v) is 14.2. The predicted molar refractivity (Wildman–Crippen MR) is 95.7 cm³/mol. The maximum Gasteiger partial charge on any atom is 0.340 e. The van der Waals surface area contributed by atoms with Crippen LogP contribution in [0, 0.1) is 0 Å². The fourth-order valence-electron chi connectivity index (χ4n) is 2.21. The van der Waals surface area contributed by atoms with Gasteiger partial charge >= 0.3 is 5.97 Å². The quantitative estimate of drug-likeness (QED) is 0.535. The second kappa shape index (κ2) is 9.50. The number of aromatic nitrogens is 2. The van der Waals surface area contributed by atoms with Crippen LogP contribution in [0.3, 0.4) is 0 Å². The number of ether oxygens (including phenoxy) is 1. The molecule has 0 unspecified atom stereocenters. The molecule has 0 spiro atoms. The Bertz CT molecular complexity index is 661. The number of benzene rings is 1. The lowest BCUT2D eigenvalue weighted by atomic mass is 10.2. The van der Waals surface area contributed by atoms with E-state index in [2.05, 4.69) is 27.5 Å². The van der Waals surface area contributed by atoms with Crippen LogP contribution in [0.1, 0.15) is 43.5 Å². The van der Waals surface area contributed by atoms with Gasteiger partial charge in [-0.15, -0.1) is 0 Å². The fraction of sp³-hybridized carbons (Fsp3) is 0.389. The summed E-state index contributed by atoms with van der Waals surface area (Å²) in [6.45, 7) is 5.17. The van der Waals surface area contributed by atoms with E-state index in [0.29, 0.717) is 23.8 Å². The second-order valence-corrected chi connectivity index (χ2v) is 5.29. The number of unbranched alkanes of at least 4 members (excludes halogenated alkanes) is 2. The minimum Gasteiger partial charge on any atom is -0.462 e. The van der Waals surface area contributed by atoms with Gasteiger partial charge in [0.25, 0.3) is 0 Å². The first kappa shape index (κ1) is 17.7. The van der Waals surface area contributed by atoms with Crippen molar-refractivity contribution in [3.63, 3.8) is 0 Å². The Hall–Kier alpha value is -2.63. The van der Waals surface area contributed by atoms with E-state index in [1.807, 2.05) is 12.1 Å². The zero-order chi connectivity index (χ0) is 17.2. The third-order valence-electron chi connectivity index (χ3n) is 3.41.